The molecule has 146 valence electrons. The summed E-state index contributed by atoms with van der Waals surface area (Å²) < 4.78 is 2.06. The molecule has 4 aromatic rings. The largest absolute Gasteiger partial charge is 0.384 e. The highest BCUT2D eigenvalue weighted by Crippen LogP contribution is 2.26. The standard InChI is InChI=1S/C23H23N5O/c1-15-4-7-17(8-5-15)22-19(28-13-16(2)6-9-21(28)26-22)14-27(3)23(29)18-10-11-25-20(24)12-18/h4-13H,14H2,1-3H3,(H2,24,25). The third-order valence-corrected chi connectivity index (χ3v) is 4.95. The van der Waals surface area contributed by atoms with E-state index in [2.05, 4.69) is 46.8 Å². The molecule has 0 saturated heterocycles. The van der Waals surface area contributed by atoms with Gasteiger partial charge in [-0.1, -0.05) is 35.9 Å². The Morgan fingerprint density at radius 3 is 2.52 bits per heavy atom. The number of nitrogens with two attached hydrogens (primary N) is 1. The van der Waals surface area contributed by atoms with Crippen molar-refractivity contribution in [3.05, 3.63) is 83.3 Å². The number of benzene rings is 1. The van der Waals surface area contributed by atoms with Crippen LogP contribution < -0.4 is 5.73 Å². The summed E-state index contributed by atoms with van der Waals surface area (Å²) in [6, 6.07) is 15.6. The molecule has 0 saturated carbocycles. The molecule has 1 aromatic carbocycles. The van der Waals surface area contributed by atoms with Gasteiger partial charge in [-0.05, 0) is 37.6 Å². The monoisotopic (exact) mass is 385 g/mol. The van der Waals surface area contributed by atoms with Crippen molar-refractivity contribution in [2.24, 2.45) is 0 Å². The second-order valence-electron chi connectivity index (χ2n) is 7.34. The van der Waals surface area contributed by atoms with Crippen LogP contribution >= 0.6 is 0 Å². The molecule has 0 radical (unpaired) electrons. The van der Waals surface area contributed by atoms with Crippen LogP contribution in [-0.2, 0) is 6.54 Å². The molecule has 1 amide bonds. The van der Waals surface area contributed by atoms with E-state index in [1.807, 2.05) is 19.1 Å². The number of hydrogen-bond acceptors (Lipinski definition) is 4. The van der Waals surface area contributed by atoms with Crippen LogP contribution in [0, 0.1) is 13.8 Å². The molecular weight excluding hydrogens is 362 g/mol. The average molecular weight is 385 g/mol. The van der Waals surface area contributed by atoms with Crippen molar-refractivity contribution in [1.29, 1.82) is 0 Å². The first-order valence-corrected chi connectivity index (χ1v) is 9.44. The van der Waals surface area contributed by atoms with Gasteiger partial charge in [0.25, 0.3) is 5.91 Å². The summed E-state index contributed by atoms with van der Waals surface area (Å²) in [6.07, 6.45) is 3.60. The van der Waals surface area contributed by atoms with E-state index in [1.54, 1.807) is 30.3 Å². The average Bonchev–Trinajstić information content (AvgIpc) is 3.05. The molecule has 4 rings (SSSR count). The Bertz CT molecular complexity index is 1190. The van der Waals surface area contributed by atoms with Gasteiger partial charge in [0, 0.05) is 30.6 Å². The van der Waals surface area contributed by atoms with Gasteiger partial charge < -0.3 is 15.0 Å². The second kappa shape index (κ2) is 7.39. The Morgan fingerprint density at radius 2 is 1.79 bits per heavy atom. The van der Waals surface area contributed by atoms with Crippen molar-refractivity contribution in [2.75, 3.05) is 12.8 Å². The number of fused-ring (bicyclic) bond motifs is 1. The van der Waals surface area contributed by atoms with Crippen LogP contribution in [0.3, 0.4) is 0 Å². The molecule has 3 heterocycles. The third-order valence-electron chi connectivity index (χ3n) is 4.95. The summed E-state index contributed by atoms with van der Waals surface area (Å²) in [5.41, 5.74) is 12.3. The topological polar surface area (TPSA) is 76.5 Å². The molecule has 0 aliphatic carbocycles. The van der Waals surface area contributed by atoms with Gasteiger partial charge in [-0.2, -0.15) is 0 Å². The summed E-state index contributed by atoms with van der Waals surface area (Å²) in [7, 11) is 1.78. The number of nitrogens with zero attached hydrogens (tertiary/aromatic N) is 4. The molecule has 0 spiro atoms. The van der Waals surface area contributed by atoms with Crippen molar-refractivity contribution < 1.29 is 4.79 Å². The van der Waals surface area contributed by atoms with E-state index in [0.29, 0.717) is 17.9 Å². The van der Waals surface area contributed by atoms with Crippen molar-refractivity contribution in [2.45, 2.75) is 20.4 Å². The van der Waals surface area contributed by atoms with E-state index in [0.717, 1.165) is 28.2 Å². The molecule has 29 heavy (non-hydrogen) atoms. The van der Waals surface area contributed by atoms with Gasteiger partial charge in [0.15, 0.2) is 0 Å². The number of carbonyl (C=O) groups is 1. The first-order chi connectivity index (χ1) is 13.9. The molecule has 0 bridgehead atoms. The van der Waals surface area contributed by atoms with Crippen molar-refractivity contribution in [3.63, 3.8) is 0 Å². The number of pyridine rings is 2. The lowest BCUT2D eigenvalue weighted by atomic mass is 10.1. The molecular formula is C23H23N5O. The molecule has 0 fully saturated rings. The fourth-order valence-electron chi connectivity index (χ4n) is 3.39. The molecule has 0 unspecified atom stereocenters. The fourth-order valence-corrected chi connectivity index (χ4v) is 3.39. The number of rotatable bonds is 4. The normalized spacial score (nSPS) is 11.0. The first-order valence-electron chi connectivity index (χ1n) is 9.44. The van der Waals surface area contributed by atoms with Crippen molar-refractivity contribution in [3.8, 4) is 11.3 Å². The zero-order valence-corrected chi connectivity index (χ0v) is 16.8. The van der Waals surface area contributed by atoms with Gasteiger partial charge in [-0.15, -0.1) is 0 Å². The number of carbonyl (C=O) groups excluding carboxylic acids is 1. The third kappa shape index (κ3) is 3.69. The Kier molecular flexibility index (Phi) is 4.76. The number of hydrogen-bond donors (Lipinski definition) is 1. The summed E-state index contributed by atoms with van der Waals surface area (Å²) in [5.74, 6) is 0.214. The highest BCUT2D eigenvalue weighted by Gasteiger charge is 2.19. The van der Waals surface area contributed by atoms with Crippen LogP contribution in [0.25, 0.3) is 16.9 Å². The highest BCUT2D eigenvalue weighted by molar-refractivity contribution is 5.94. The van der Waals surface area contributed by atoms with E-state index >= 15 is 0 Å². The zero-order chi connectivity index (χ0) is 20.5. The van der Waals surface area contributed by atoms with Gasteiger partial charge in [0.1, 0.15) is 11.5 Å². The Morgan fingerprint density at radius 1 is 1.07 bits per heavy atom. The highest BCUT2D eigenvalue weighted by atomic mass is 16.2. The Hall–Kier alpha value is -3.67. The summed E-state index contributed by atoms with van der Waals surface area (Å²) in [5, 5.41) is 0. The van der Waals surface area contributed by atoms with Crippen LogP contribution in [0.4, 0.5) is 5.82 Å². The minimum atomic E-state index is -0.114. The maximum Gasteiger partial charge on any atom is 0.254 e. The molecule has 0 aliphatic heterocycles. The number of anilines is 1. The number of aryl methyl sites for hydroxylation is 2. The molecule has 0 atom stereocenters. The number of nitrogen functional groups attached to an aromatic ring is 1. The predicted octanol–water partition coefficient (Wildman–Crippen LogP) is 3.87. The quantitative estimate of drug-likeness (QED) is 0.579. The van der Waals surface area contributed by atoms with Crippen LogP contribution in [0.5, 0.6) is 0 Å². The van der Waals surface area contributed by atoms with E-state index in [9.17, 15) is 4.79 Å². The predicted molar refractivity (Wildman–Crippen MR) is 115 cm³/mol. The lowest BCUT2D eigenvalue weighted by Crippen LogP contribution is -2.27. The van der Waals surface area contributed by atoms with E-state index in [1.165, 1.54) is 5.56 Å². The lowest BCUT2D eigenvalue weighted by molar-refractivity contribution is 0.0783. The molecule has 6 heteroatoms. The lowest BCUT2D eigenvalue weighted by Gasteiger charge is -2.18. The summed E-state index contributed by atoms with van der Waals surface area (Å²) in [6.45, 7) is 4.52. The smallest absolute Gasteiger partial charge is 0.254 e. The number of imidazole rings is 1. The van der Waals surface area contributed by atoms with Crippen LogP contribution in [0.1, 0.15) is 27.2 Å². The second-order valence-corrected chi connectivity index (χ2v) is 7.34. The molecule has 3 aromatic heterocycles. The van der Waals surface area contributed by atoms with E-state index < -0.39 is 0 Å². The minimum absolute atomic E-state index is 0.114. The molecule has 6 nitrogen and oxygen atoms in total. The van der Waals surface area contributed by atoms with Crippen LogP contribution in [0.2, 0.25) is 0 Å². The van der Waals surface area contributed by atoms with Gasteiger partial charge in [0.05, 0.1) is 17.9 Å². The summed E-state index contributed by atoms with van der Waals surface area (Å²) in [4.78, 5) is 23.4. The van der Waals surface area contributed by atoms with Crippen LogP contribution in [0.15, 0.2) is 60.9 Å². The number of amides is 1. The molecule has 0 aliphatic rings. The van der Waals surface area contributed by atoms with Gasteiger partial charge >= 0.3 is 0 Å². The molecule has 2 N–H and O–H groups in total. The SMILES string of the molecule is Cc1ccc(-c2nc3ccc(C)cn3c2CN(C)C(=O)c2ccnc(N)c2)cc1. The van der Waals surface area contributed by atoms with Crippen molar-refractivity contribution >= 4 is 17.4 Å². The maximum atomic E-state index is 12.9. The minimum Gasteiger partial charge on any atom is -0.384 e. The first kappa shape index (κ1) is 18.7. The fraction of sp³-hybridized carbons (Fsp3) is 0.174. The summed E-state index contributed by atoms with van der Waals surface area (Å²) >= 11 is 0. The van der Waals surface area contributed by atoms with Gasteiger partial charge in [0.2, 0.25) is 0 Å². The number of aromatic nitrogens is 3. The van der Waals surface area contributed by atoms with Crippen LogP contribution in [-0.4, -0.2) is 32.2 Å². The van der Waals surface area contributed by atoms with Gasteiger partial charge in [-0.3, -0.25) is 4.79 Å². The van der Waals surface area contributed by atoms with Gasteiger partial charge in [-0.25, -0.2) is 9.97 Å². The Balaban J connectivity index is 1.77. The Labute approximate surface area is 169 Å². The van der Waals surface area contributed by atoms with Crippen molar-refractivity contribution in [1.82, 2.24) is 19.3 Å². The zero-order valence-electron chi connectivity index (χ0n) is 16.8. The van der Waals surface area contributed by atoms with E-state index in [-0.39, 0.29) is 5.91 Å². The maximum absolute atomic E-state index is 12.9. The van der Waals surface area contributed by atoms with E-state index in [4.69, 9.17) is 10.7 Å².